The molecule has 0 atom stereocenters. The summed E-state index contributed by atoms with van der Waals surface area (Å²) in [6.45, 7) is 0. The number of anilines is 1. The van der Waals surface area contributed by atoms with Crippen LogP contribution in [-0.2, 0) is 0 Å². The summed E-state index contributed by atoms with van der Waals surface area (Å²) in [6.07, 6.45) is 1.56. The van der Waals surface area contributed by atoms with Gasteiger partial charge in [0.2, 0.25) is 0 Å². The largest absolute Gasteiger partial charge is 0.497 e. The zero-order valence-corrected chi connectivity index (χ0v) is 16.0. The number of rotatable bonds is 4. The Balaban J connectivity index is 1.43. The lowest BCUT2D eigenvalue weighted by Crippen LogP contribution is -1.99. The summed E-state index contributed by atoms with van der Waals surface area (Å²) in [5.74, 6) is 1.01. The first kappa shape index (κ1) is 17.3. The minimum atomic E-state index is 0.270. The summed E-state index contributed by atoms with van der Waals surface area (Å²) in [5.41, 5.74) is 6.51. The molecule has 2 N–H and O–H groups in total. The molecule has 0 saturated carbocycles. The summed E-state index contributed by atoms with van der Waals surface area (Å²) < 4.78 is 5.26. The minimum absolute atomic E-state index is 0.270. The van der Waals surface area contributed by atoms with Crippen LogP contribution in [0.25, 0.3) is 33.0 Å². The number of hydrogen-bond donors (Lipinski definition) is 2. The molecule has 0 fully saturated rings. The molecule has 0 unspecified atom stereocenters. The van der Waals surface area contributed by atoms with E-state index in [0.29, 0.717) is 21.9 Å². The van der Waals surface area contributed by atoms with Crippen molar-refractivity contribution in [2.75, 3.05) is 12.5 Å². The van der Waals surface area contributed by atoms with Crippen LogP contribution in [0.4, 0.5) is 5.95 Å². The molecule has 0 aliphatic heterocycles. The fourth-order valence-corrected chi connectivity index (χ4v) is 3.29. The van der Waals surface area contributed by atoms with Crippen molar-refractivity contribution in [3.63, 3.8) is 0 Å². The second kappa shape index (κ2) is 6.99. The average molecular weight is 404 g/mol. The van der Waals surface area contributed by atoms with Crippen LogP contribution >= 0.6 is 11.6 Å². The van der Waals surface area contributed by atoms with Gasteiger partial charge in [0, 0.05) is 21.9 Å². The van der Waals surface area contributed by atoms with E-state index in [1.807, 2.05) is 48.5 Å². The number of aromatic amines is 1. The number of hydrazone groups is 1. The van der Waals surface area contributed by atoms with Crippen LogP contribution in [0.5, 0.6) is 5.75 Å². The van der Waals surface area contributed by atoms with E-state index in [4.69, 9.17) is 16.3 Å². The standard InChI is InChI=1S/C20H14ClN7O/c1-29-13-6-7-15-11(9-13)8-12(18(21)23-15)10-22-27-20-25-19-17(26-28-20)14-4-2-3-5-16(14)24-19/h2-10H,1H3,(H2,24,25,27,28). The Labute approximate surface area is 169 Å². The molecule has 0 aliphatic rings. The third kappa shape index (κ3) is 3.19. The third-order valence-electron chi connectivity index (χ3n) is 4.49. The fraction of sp³-hybridized carbons (Fsp3) is 0.0500. The number of nitrogens with one attached hydrogen (secondary N) is 2. The van der Waals surface area contributed by atoms with Crippen LogP contribution in [0.1, 0.15) is 5.56 Å². The van der Waals surface area contributed by atoms with Gasteiger partial charge >= 0.3 is 0 Å². The van der Waals surface area contributed by atoms with E-state index in [2.05, 4.69) is 35.7 Å². The van der Waals surface area contributed by atoms with Gasteiger partial charge in [-0.15, -0.1) is 10.2 Å². The normalized spacial score (nSPS) is 11.7. The molecule has 5 rings (SSSR count). The minimum Gasteiger partial charge on any atom is -0.497 e. The first-order chi connectivity index (χ1) is 14.2. The number of para-hydroxylation sites is 1. The lowest BCUT2D eigenvalue weighted by atomic mass is 10.1. The number of nitrogens with zero attached hydrogens (tertiary/aromatic N) is 5. The molecule has 3 heterocycles. The van der Waals surface area contributed by atoms with Crippen LogP contribution in [0.15, 0.2) is 53.6 Å². The summed E-state index contributed by atoms with van der Waals surface area (Å²) in [4.78, 5) is 12.0. The van der Waals surface area contributed by atoms with Gasteiger partial charge in [-0.2, -0.15) is 10.1 Å². The molecular weight excluding hydrogens is 390 g/mol. The predicted molar refractivity (Wildman–Crippen MR) is 114 cm³/mol. The molecule has 5 aromatic rings. The number of aromatic nitrogens is 5. The molecule has 142 valence electrons. The van der Waals surface area contributed by atoms with Crippen LogP contribution in [-0.4, -0.2) is 38.5 Å². The Morgan fingerprint density at radius 2 is 2.00 bits per heavy atom. The highest BCUT2D eigenvalue weighted by Crippen LogP contribution is 2.24. The van der Waals surface area contributed by atoms with Crippen molar-refractivity contribution in [2.45, 2.75) is 0 Å². The summed E-state index contributed by atoms with van der Waals surface area (Å²) >= 11 is 6.27. The van der Waals surface area contributed by atoms with Crippen molar-refractivity contribution in [1.82, 2.24) is 25.1 Å². The molecule has 0 bridgehead atoms. The first-order valence-corrected chi connectivity index (χ1v) is 9.13. The lowest BCUT2D eigenvalue weighted by molar-refractivity contribution is 0.415. The molecule has 0 aliphatic carbocycles. The van der Waals surface area contributed by atoms with Crippen molar-refractivity contribution in [1.29, 1.82) is 0 Å². The van der Waals surface area contributed by atoms with Crippen molar-refractivity contribution in [2.24, 2.45) is 5.10 Å². The van der Waals surface area contributed by atoms with Crippen molar-refractivity contribution in [3.8, 4) is 5.75 Å². The molecular formula is C20H14ClN7O. The van der Waals surface area contributed by atoms with Crippen LogP contribution < -0.4 is 10.2 Å². The van der Waals surface area contributed by atoms with Crippen LogP contribution in [0, 0.1) is 0 Å². The topological polar surface area (TPSA) is 101 Å². The van der Waals surface area contributed by atoms with Crippen LogP contribution in [0.2, 0.25) is 5.15 Å². The van der Waals surface area contributed by atoms with Crippen molar-refractivity contribution >= 4 is 56.7 Å². The van der Waals surface area contributed by atoms with Crippen molar-refractivity contribution < 1.29 is 4.74 Å². The van der Waals surface area contributed by atoms with Gasteiger partial charge in [0.25, 0.3) is 5.95 Å². The monoisotopic (exact) mass is 403 g/mol. The predicted octanol–water partition coefficient (Wildman–Crippen LogP) is 4.16. The Hall–Kier alpha value is -3.78. The zero-order valence-electron chi connectivity index (χ0n) is 15.2. The number of ether oxygens (including phenoxy) is 1. The quantitative estimate of drug-likeness (QED) is 0.265. The van der Waals surface area contributed by atoms with Gasteiger partial charge in [-0.25, -0.2) is 10.4 Å². The zero-order chi connectivity index (χ0) is 19.8. The number of benzene rings is 2. The molecule has 0 spiro atoms. The Morgan fingerprint density at radius 3 is 2.90 bits per heavy atom. The smallest absolute Gasteiger partial charge is 0.265 e. The van der Waals surface area contributed by atoms with Crippen molar-refractivity contribution in [3.05, 3.63) is 59.2 Å². The highest BCUT2D eigenvalue weighted by molar-refractivity contribution is 6.32. The maximum Gasteiger partial charge on any atom is 0.265 e. The average Bonchev–Trinajstić information content (AvgIpc) is 3.11. The van der Waals surface area contributed by atoms with Gasteiger partial charge in [0.15, 0.2) is 5.65 Å². The maximum atomic E-state index is 6.27. The Bertz CT molecular complexity index is 1400. The molecule has 0 radical (unpaired) electrons. The maximum absolute atomic E-state index is 6.27. The SMILES string of the molecule is COc1ccc2nc(Cl)c(C=NNc3nnc4c(n3)[nH]c3ccccc34)cc2c1. The number of halogens is 1. The van der Waals surface area contributed by atoms with Gasteiger partial charge in [-0.05, 0) is 30.3 Å². The molecule has 8 nitrogen and oxygen atoms in total. The second-order valence-electron chi connectivity index (χ2n) is 6.30. The van der Waals surface area contributed by atoms with E-state index >= 15 is 0 Å². The molecule has 2 aromatic carbocycles. The van der Waals surface area contributed by atoms with E-state index in [1.165, 1.54) is 0 Å². The third-order valence-corrected chi connectivity index (χ3v) is 4.80. The van der Waals surface area contributed by atoms with E-state index in [-0.39, 0.29) is 5.95 Å². The van der Waals surface area contributed by atoms with Gasteiger partial charge in [-0.3, -0.25) is 0 Å². The molecule has 3 aromatic heterocycles. The van der Waals surface area contributed by atoms with Gasteiger partial charge in [0.05, 0.1) is 18.8 Å². The van der Waals surface area contributed by atoms with Gasteiger partial charge < -0.3 is 9.72 Å². The number of methoxy groups -OCH3 is 1. The lowest BCUT2D eigenvalue weighted by Gasteiger charge is -2.04. The summed E-state index contributed by atoms with van der Waals surface area (Å²) in [6, 6.07) is 15.3. The number of H-pyrrole nitrogens is 1. The fourth-order valence-electron chi connectivity index (χ4n) is 3.09. The van der Waals surface area contributed by atoms with E-state index in [1.54, 1.807) is 13.3 Å². The second-order valence-corrected chi connectivity index (χ2v) is 6.66. The highest BCUT2D eigenvalue weighted by Gasteiger charge is 2.08. The van der Waals surface area contributed by atoms with E-state index in [9.17, 15) is 0 Å². The Kier molecular flexibility index (Phi) is 4.18. The Morgan fingerprint density at radius 1 is 1.10 bits per heavy atom. The molecule has 9 heteroatoms. The summed E-state index contributed by atoms with van der Waals surface area (Å²) in [7, 11) is 1.62. The van der Waals surface area contributed by atoms with E-state index in [0.717, 1.165) is 27.6 Å². The summed E-state index contributed by atoms with van der Waals surface area (Å²) in [5, 5.41) is 14.7. The number of fused-ring (bicyclic) bond motifs is 4. The first-order valence-electron chi connectivity index (χ1n) is 8.76. The number of hydrogen-bond acceptors (Lipinski definition) is 7. The van der Waals surface area contributed by atoms with Gasteiger partial charge in [-0.1, -0.05) is 29.8 Å². The molecule has 0 saturated heterocycles. The van der Waals surface area contributed by atoms with Crippen LogP contribution in [0.3, 0.4) is 0 Å². The molecule has 29 heavy (non-hydrogen) atoms. The van der Waals surface area contributed by atoms with Gasteiger partial charge in [0.1, 0.15) is 16.4 Å². The molecule has 0 amide bonds. The van der Waals surface area contributed by atoms with E-state index < -0.39 is 0 Å². The number of pyridine rings is 1. The highest BCUT2D eigenvalue weighted by atomic mass is 35.5.